The number of halogens is 1. The Kier molecular flexibility index (Phi) is 5.06. The Morgan fingerprint density at radius 1 is 1.23 bits per heavy atom. The number of hydrogen-bond acceptors (Lipinski definition) is 5. The third-order valence-electron chi connectivity index (χ3n) is 4.09. The first-order valence-corrected chi connectivity index (χ1v) is 8.41. The fraction of sp³-hybridized carbons (Fsp3) is 0.211. The van der Waals surface area contributed by atoms with Crippen molar-refractivity contribution in [1.82, 2.24) is 9.88 Å². The van der Waals surface area contributed by atoms with E-state index >= 15 is 0 Å². The molecule has 2 N–H and O–H groups in total. The lowest BCUT2D eigenvalue weighted by Gasteiger charge is -2.25. The summed E-state index contributed by atoms with van der Waals surface area (Å²) in [7, 11) is 0. The molecule has 1 aliphatic heterocycles. The number of amides is 1. The van der Waals surface area contributed by atoms with Crippen molar-refractivity contribution in [2.75, 3.05) is 6.54 Å². The molecular formula is C19H17ClN2O4. The van der Waals surface area contributed by atoms with Crippen molar-refractivity contribution in [3.05, 3.63) is 70.5 Å². The van der Waals surface area contributed by atoms with Crippen molar-refractivity contribution in [1.29, 1.82) is 0 Å². The van der Waals surface area contributed by atoms with Gasteiger partial charge < -0.3 is 15.1 Å². The molecule has 1 amide bonds. The number of ketones is 1. The maximum atomic E-state index is 12.6. The number of rotatable bonds is 4. The molecule has 1 fully saturated rings. The van der Waals surface area contributed by atoms with E-state index in [0.29, 0.717) is 16.3 Å². The standard InChI is InChI=1S/C19H17ClN2O4/c1-11(23)10-22-16(14-4-2-3-9-21-14)15(18(25)19(22)26)17(24)12-5-7-13(20)8-6-12/h2-9,11,16,23-24H,10H2,1H3/t11-,16+/m1/s1. The highest BCUT2D eigenvalue weighted by Crippen LogP contribution is 2.38. The van der Waals surface area contributed by atoms with E-state index in [1.165, 1.54) is 11.8 Å². The van der Waals surface area contributed by atoms with Crippen LogP contribution in [-0.2, 0) is 9.59 Å². The highest BCUT2D eigenvalue weighted by atomic mass is 35.5. The zero-order valence-electron chi connectivity index (χ0n) is 14.0. The summed E-state index contributed by atoms with van der Waals surface area (Å²) in [6.07, 6.45) is 0.704. The van der Waals surface area contributed by atoms with Gasteiger partial charge in [0.25, 0.3) is 11.7 Å². The van der Waals surface area contributed by atoms with E-state index in [-0.39, 0.29) is 17.9 Å². The second-order valence-corrected chi connectivity index (χ2v) is 6.50. The molecule has 0 unspecified atom stereocenters. The van der Waals surface area contributed by atoms with Crippen LogP contribution < -0.4 is 0 Å². The number of Topliss-reactive ketones (excluding diaryl/α,β-unsaturated/α-hetero) is 1. The molecule has 1 aromatic carbocycles. The van der Waals surface area contributed by atoms with Gasteiger partial charge in [-0.2, -0.15) is 0 Å². The zero-order valence-corrected chi connectivity index (χ0v) is 14.7. The number of aliphatic hydroxyl groups is 2. The predicted molar refractivity (Wildman–Crippen MR) is 96.4 cm³/mol. The summed E-state index contributed by atoms with van der Waals surface area (Å²) in [5, 5.41) is 20.9. The molecule has 0 radical (unpaired) electrons. The summed E-state index contributed by atoms with van der Waals surface area (Å²) in [4.78, 5) is 30.6. The van der Waals surface area contributed by atoms with Crippen molar-refractivity contribution in [3.8, 4) is 0 Å². The minimum Gasteiger partial charge on any atom is -0.507 e. The molecular weight excluding hydrogens is 356 g/mol. The van der Waals surface area contributed by atoms with E-state index in [0.717, 1.165) is 0 Å². The van der Waals surface area contributed by atoms with Crippen molar-refractivity contribution in [2.45, 2.75) is 19.1 Å². The number of carbonyl (C=O) groups is 2. The molecule has 0 aliphatic carbocycles. The molecule has 7 heteroatoms. The molecule has 0 saturated carbocycles. The van der Waals surface area contributed by atoms with Gasteiger partial charge in [-0.25, -0.2) is 0 Å². The minimum absolute atomic E-state index is 0.0524. The van der Waals surface area contributed by atoms with E-state index in [1.54, 1.807) is 48.7 Å². The first-order chi connectivity index (χ1) is 12.4. The van der Waals surface area contributed by atoms with Crippen LogP contribution in [0.25, 0.3) is 5.76 Å². The van der Waals surface area contributed by atoms with Gasteiger partial charge in [-0.15, -0.1) is 0 Å². The molecule has 2 heterocycles. The molecule has 0 bridgehead atoms. The normalized spacial score (nSPS) is 20.4. The van der Waals surface area contributed by atoms with Crippen LogP contribution in [0, 0.1) is 0 Å². The van der Waals surface area contributed by atoms with Crippen LogP contribution in [0.2, 0.25) is 5.02 Å². The number of nitrogens with zero attached hydrogens (tertiary/aromatic N) is 2. The highest BCUT2D eigenvalue weighted by molar-refractivity contribution is 6.46. The van der Waals surface area contributed by atoms with Gasteiger partial charge in [-0.1, -0.05) is 17.7 Å². The quantitative estimate of drug-likeness (QED) is 0.489. The zero-order chi connectivity index (χ0) is 18.8. The van der Waals surface area contributed by atoms with Crippen LogP contribution in [0.3, 0.4) is 0 Å². The molecule has 26 heavy (non-hydrogen) atoms. The van der Waals surface area contributed by atoms with Crippen molar-refractivity contribution in [2.24, 2.45) is 0 Å². The van der Waals surface area contributed by atoms with Crippen molar-refractivity contribution < 1.29 is 19.8 Å². The summed E-state index contributed by atoms with van der Waals surface area (Å²) in [5.41, 5.74) is 0.741. The smallest absolute Gasteiger partial charge is 0.295 e. The number of aliphatic hydroxyl groups excluding tert-OH is 2. The lowest BCUT2D eigenvalue weighted by atomic mass is 9.98. The molecule has 1 saturated heterocycles. The number of benzene rings is 1. The Hall–Kier alpha value is -2.70. The molecule has 1 aliphatic rings. The van der Waals surface area contributed by atoms with Crippen LogP contribution in [0.1, 0.15) is 24.2 Å². The summed E-state index contributed by atoms with van der Waals surface area (Å²) in [6, 6.07) is 10.5. The largest absolute Gasteiger partial charge is 0.507 e. The first kappa shape index (κ1) is 18.1. The second kappa shape index (κ2) is 7.27. The predicted octanol–water partition coefficient (Wildman–Crippen LogP) is 2.54. The Balaban J connectivity index is 2.17. The van der Waals surface area contributed by atoms with E-state index in [1.807, 2.05) is 0 Å². The maximum Gasteiger partial charge on any atom is 0.295 e. The van der Waals surface area contributed by atoms with Gasteiger partial charge >= 0.3 is 0 Å². The lowest BCUT2D eigenvalue weighted by molar-refractivity contribution is -0.140. The van der Waals surface area contributed by atoms with Gasteiger partial charge in [-0.05, 0) is 43.3 Å². The molecule has 2 aromatic rings. The van der Waals surface area contributed by atoms with Crippen molar-refractivity contribution in [3.63, 3.8) is 0 Å². The summed E-state index contributed by atoms with van der Waals surface area (Å²) < 4.78 is 0. The summed E-state index contributed by atoms with van der Waals surface area (Å²) in [6.45, 7) is 1.47. The minimum atomic E-state index is -0.874. The van der Waals surface area contributed by atoms with Gasteiger partial charge in [-0.3, -0.25) is 14.6 Å². The van der Waals surface area contributed by atoms with Crippen molar-refractivity contribution >= 4 is 29.1 Å². The number of carbonyl (C=O) groups excluding carboxylic acids is 2. The highest BCUT2D eigenvalue weighted by Gasteiger charge is 2.46. The van der Waals surface area contributed by atoms with Gasteiger partial charge in [0, 0.05) is 23.3 Å². The summed E-state index contributed by atoms with van der Waals surface area (Å²) in [5.74, 6) is -1.89. The Morgan fingerprint density at radius 3 is 2.50 bits per heavy atom. The average molecular weight is 373 g/mol. The average Bonchev–Trinajstić information content (AvgIpc) is 2.87. The number of aromatic nitrogens is 1. The molecule has 134 valence electrons. The van der Waals surface area contributed by atoms with Crippen LogP contribution in [0.4, 0.5) is 0 Å². The Morgan fingerprint density at radius 2 is 1.92 bits per heavy atom. The van der Waals surface area contributed by atoms with E-state index in [4.69, 9.17) is 11.6 Å². The summed E-state index contributed by atoms with van der Waals surface area (Å²) >= 11 is 5.87. The molecule has 0 spiro atoms. The maximum absolute atomic E-state index is 12.6. The van der Waals surface area contributed by atoms with Crippen LogP contribution in [-0.4, -0.2) is 44.4 Å². The van der Waals surface area contributed by atoms with Gasteiger partial charge in [0.2, 0.25) is 0 Å². The SMILES string of the molecule is C[C@@H](O)CN1C(=O)C(=O)C(=C(O)c2ccc(Cl)cc2)[C@@H]1c1ccccn1. The number of likely N-dealkylation sites (tertiary alicyclic amines) is 1. The number of β-amino-alcohol motifs (C(OH)–C–C–N with tert-alkyl or cyclic N) is 1. The third-order valence-corrected chi connectivity index (χ3v) is 4.34. The van der Waals surface area contributed by atoms with E-state index in [2.05, 4.69) is 4.98 Å². The molecule has 3 rings (SSSR count). The van der Waals surface area contributed by atoms with Gasteiger partial charge in [0.05, 0.1) is 17.4 Å². The monoisotopic (exact) mass is 372 g/mol. The fourth-order valence-electron chi connectivity index (χ4n) is 2.96. The first-order valence-electron chi connectivity index (χ1n) is 8.03. The molecule has 6 nitrogen and oxygen atoms in total. The topological polar surface area (TPSA) is 90.7 Å². The molecule has 1 aromatic heterocycles. The lowest BCUT2D eigenvalue weighted by Crippen LogP contribution is -2.35. The number of hydrogen-bond donors (Lipinski definition) is 2. The van der Waals surface area contributed by atoms with Gasteiger partial charge in [0.15, 0.2) is 0 Å². The Bertz CT molecular complexity index is 863. The van der Waals surface area contributed by atoms with E-state index in [9.17, 15) is 19.8 Å². The Labute approximate surface area is 155 Å². The molecule has 2 atom stereocenters. The van der Waals surface area contributed by atoms with Crippen LogP contribution in [0.15, 0.2) is 54.2 Å². The number of pyridine rings is 1. The van der Waals surface area contributed by atoms with E-state index < -0.39 is 23.8 Å². The van der Waals surface area contributed by atoms with Crippen LogP contribution >= 0.6 is 11.6 Å². The fourth-order valence-corrected chi connectivity index (χ4v) is 3.09. The second-order valence-electron chi connectivity index (χ2n) is 6.06. The third kappa shape index (κ3) is 3.34. The van der Waals surface area contributed by atoms with Crippen LogP contribution in [0.5, 0.6) is 0 Å². The van der Waals surface area contributed by atoms with Gasteiger partial charge in [0.1, 0.15) is 11.8 Å².